The van der Waals surface area contributed by atoms with Crippen molar-refractivity contribution in [3.63, 3.8) is 0 Å². The second-order valence-corrected chi connectivity index (χ2v) is 10.3. The highest BCUT2D eigenvalue weighted by Gasteiger charge is 2.31. The second-order valence-electron chi connectivity index (χ2n) is 7.75. The summed E-state index contributed by atoms with van der Waals surface area (Å²) in [6.45, 7) is 0. The fraction of sp³-hybridized carbons (Fsp3) is 0.200. The van der Waals surface area contributed by atoms with Crippen LogP contribution in [0.5, 0.6) is 0 Å². The van der Waals surface area contributed by atoms with E-state index in [0.717, 1.165) is 39.8 Å². The van der Waals surface area contributed by atoms with Crippen molar-refractivity contribution >= 4 is 61.2 Å². The molecule has 1 atom stereocenters. The van der Waals surface area contributed by atoms with Gasteiger partial charge in [0.15, 0.2) is 0 Å². The SMILES string of the molecule is COC(=O)c1c(NC(=O)c2sc3ccccc3c2Cl)sc2c1CCC(c1ccccc1)C2. The molecule has 162 valence electrons. The van der Waals surface area contributed by atoms with Crippen LogP contribution in [0.4, 0.5) is 5.00 Å². The summed E-state index contributed by atoms with van der Waals surface area (Å²) in [5.41, 5.74) is 2.77. The minimum atomic E-state index is -0.418. The number of carbonyl (C=O) groups is 2. The number of nitrogens with one attached hydrogen (secondary N) is 1. The van der Waals surface area contributed by atoms with Crippen LogP contribution in [-0.4, -0.2) is 19.0 Å². The highest BCUT2D eigenvalue weighted by molar-refractivity contribution is 7.22. The lowest BCUT2D eigenvalue weighted by Gasteiger charge is -2.22. The van der Waals surface area contributed by atoms with E-state index in [1.165, 1.54) is 35.3 Å². The van der Waals surface area contributed by atoms with Gasteiger partial charge in [0.25, 0.3) is 5.91 Å². The number of halogens is 1. The number of methoxy groups -OCH3 is 1. The van der Waals surface area contributed by atoms with Gasteiger partial charge in [-0.1, -0.05) is 60.1 Å². The first-order chi connectivity index (χ1) is 15.6. The van der Waals surface area contributed by atoms with E-state index in [1.54, 1.807) is 0 Å². The lowest BCUT2D eigenvalue weighted by atomic mass is 9.83. The molecule has 32 heavy (non-hydrogen) atoms. The van der Waals surface area contributed by atoms with Crippen LogP contribution in [0.1, 0.15) is 48.4 Å². The zero-order chi connectivity index (χ0) is 22.2. The Bertz CT molecular complexity index is 1330. The maximum absolute atomic E-state index is 13.1. The molecule has 1 aliphatic rings. The number of hydrogen-bond donors (Lipinski definition) is 1. The van der Waals surface area contributed by atoms with Crippen molar-refractivity contribution in [2.75, 3.05) is 12.4 Å². The molecule has 1 amide bonds. The van der Waals surface area contributed by atoms with Crippen molar-refractivity contribution in [3.05, 3.63) is 86.1 Å². The van der Waals surface area contributed by atoms with Gasteiger partial charge in [-0.2, -0.15) is 0 Å². The number of ether oxygens (including phenoxy) is 1. The molecule has 2 aromatic carbocycles. The largest absolute Gasteiger partial charge is 0.465 e. The Morgan fingerprint density at radius 2 is 1.81 bits per heavy atom. The van der Waals surface area contributed by atoms with Gasteiger partial charge in [0, 0.05) is 15.0 Å². The monoisotopic (exact) mass is 481 g/mol. The van der Waals surface area contributed by atoms with E-state index in [9.17, 15) is 9.59 Å². The summed E-state index contributed by atoms with van der Waals surface area (Å²) in [5, 5.41) is 4.79. The molecule has 1 N–H and O–H groups in total. The quantitative estimate of drug-likeness (QED) is 0.321. The molecule has 7 heteroatoms. The van der Waals surface area contributed by atoms with Crippen molar-refractivity contribution in [2.45, 2.75) is 25.2 Å². The Morgan fingerprint density at radius 1 is 1.06 bits per heavy atom. The average molecular weight is 482 g/mol. The molecule has 1 unspecified atom stereocenters. The molecule has 2 heterocycles. The minimum absolute atomic E-state index is 0.306. The molecule has 4 nitrogen and oxygen atoms in total. The molecule has 0 bridgehead atoms. The number of rotatable bonds is 4. The third kappa shape index (κ3) is 3.72. The van der Waals surface area contributed by atoms with Crippen LogP contribution < -0.4 is 5.32 Å². The number of anilines is 1. The lowest BCUT2D eigenvalue weighted by Crippen LogP contribution is -2.16. The first-order valence-corrected chi connectivity index (χ1v) is 12.3. The van der Waals surface area contributed by atoms with Crippen LogP contribution in [0.15, 0.2) is 54.6 Å². The third-order valence-corrected chi connectivity index (χ3v) is 8.74. The Hall–Kier alpha value is -2.67. The van der Waals surface area contributed by atoms with Gasteiger partial charge < -0.3 is 10.1 Å². The second kappa shape index (κ2) is 8.70. The molecular weight excluding hydrogens is 462 g/mol. The van der Waals surface area contributed by atoms with Crippen molar-refractivity contribution in [1.29, 1.82) is 0 Å². The standard InChI is InChI=1S/C25H20ClNO3S2/c1-30-25(29)20-16-12-11-15(14-7-3-2-4-8-14)13-19(16)32-24(20)27-23(28)22-21(26)17-9-5-6-10-18(17)31-22/h2-10,15H,11-13H2,1H3,(H,27,28). The summed E-state index contributed by atoms with van der Waals surface area (Å²) in [6, 6.07) is 18.1. The van der Waals surface area contributed by atoms with E-state index in [-0.39, 0.29) is 5.91 Å². The van der Waals surface area contributed by atoms with Crippen LogP contribution in [0.2, 0.25) is 5.02 Å². The molecule has 0 aliphatic heterocycles. The number of benzene rings is 2. The van der Waals surface area contributed by atoms with Crippen molar-refractivity contribution in [1.82, 2.24) is 0 Å². The highest BCUT2D eigenvalue weighted by atomic mass is 35.5. The van der Waals surface area contributed by atoms with Gasteiger partial charge in [-0.15, -0.1) is 22.7 Å². The highest BCUT2D eigenvalue weighted by Crippen LogP contribution is 2.43. The van der Waals surface area contributed by atoms with Crippen LogP contribution >= 0.6 is 34.3 Å². The zero-order valence-electron chi connectivity index (χ0n) is 17.3. The molecule has 2 aromatic heterocycles. The van der Waals surface area contributed by atoms with E-state index in [4.69, 9.17) is 16.3 Å². The Kier molecular flexibility index (Phi) is 5.76. The normalized spacial score (nSPS) is 15.4. The predicted molar refractivity (Wildman–Crippen MR) is 132 cm³/mol. The number of amides is 1. The fourth-order valence-corrected chi connectivity index (χ4v) is 7.04. The first-order valence-electron chi connectivity index (χ1n) is 10.3. The summed E-state index contributed by atoms with van der Waals surface area (Å²) in [4.78, 5) is 27.4. The zero-order valence-corrected chi connectivity index (χ0v) is 19.7. The van der Waals surface area contributed by atoms with Crippen LogP contribution in [0, 0.1) is 0 Å². The molecule has 0 spiro atoms. The lowest BCUT2D eigenvalue weighted by molar-refractivity contribution is 0.0601. The van der Waals surface area contributed by atoms with Gasteiger partial charge in [-0.25, -0.2) is 4.79 Å². The summed E-state index contributed by atoms with van der Waals surface area (Å²) in [7, 11) is 1.37. The van der Waals surface area contributed by atoms with Crippen LogP contribution in [0.3, 0.4) is 0 Å². The topological polar surface area (TPSA) is 55.4 Å². The molecule has 0 radical (unpaired) electrons. The number of esters is 1. The minimum Gasteiger partial charge on any atom is -0.465 e. The molecule has 0 saturated carbocycles. The maximum Gasteiger partial charge on any atom is 0.341 e. The summed E-state index contributed by atoms with van der Waals surface area (Å²) in [6.07, 6.45) is 2.57. The first kappa shape index (κ1) is 21.2. The van der Waals surface area contributed by atoms with Crippen molar-refractivity contribution in [3.8, 4) is 0 Å². The number of fused-ring (bicyclic) bond motifs is 2. The summed E-state index contributed by atoms with van der Waals surface area (Å²) < 4.78 is 6.02. The molecule has 1 aliphatic carbocycles. The van der Waals surface area contributed by atoms with E-state index in [1.807, 2.05) is 30.3 Å². The van der Waals surface area contributed by atoms with Crippen molar-refractivity contribution in [2.24, 2.45) is 0 Å². The van der Waals surface area contributed by atoms with Gasteiger partial charge >= 0.3 is 5.97 Å². The molecular formula is C25H20ClNO3S2. The van der Waals surface area contributed by atoms with Gasteiger partial charge in [-0.3, -0.25) is 4.79 Å². The van der Waals surface area contributed by atoms with Gasteiger partial charge in [0.05, 0.1) is 17.7 Å². The Balaban J connectivity index is 1.48. The van der Waals surface area contributed by atoms with E-state index in [2.05, 4.69) is 29.6 Å². The molecule has 5 rings (SSSR count). The summed E-state index contributed by atoms with van der Waals surface area (Å²) >= 11 is 9.31. The predicted octanol–water partition coefficient (Wildman–Crippen LogP) is 6.93. The fourth-order valence-electron chi connectivity index (χ4n) is 4.32. The average Bonchev–Trinajstić information content (AvgIpc) is 3.36. The van der Waals surface area contributed by atoms with Gasteiger partial charge in [-0.05, 0) is 42.4 Å². The number of thiophene rings is 2. The van der Waals surface area contributed by atoms with Crippen molar-refractivity contribution < 1.29 is 14.3 Å². The Morgan fingerprint density at radius 3 is 2.56 bits per heavy atom. The maximum atomic E-state index is 13.1. The van der Waals surface area contributed by atoms with E-state index >= 15 is 0 Å². The van der Waals surface area contributed by atoms with Gasteiger partial charge in [0.2, 0.25) is 0 Å². The Labute approximate surface area is 198 Å². The van der Waals surface area contributed by atoms with E-state index in [0.29, 0.717) is 26.4 Å². The smallest absolute Gasteiger partial charge is 0.341 e. The number of hydrogen-bond acceptors (Lipinski definition) is 5. The summed E-state index contributed by atoms with van der Waals surface area (Å²) in [5.74, 6) is -0.327. The molecule has 0 fully saturated rings. The van der Waals surface area contributed by atoms with Crippen LogP contribution in [0.25, 0.3) is 10.1 Å². The van der Waals surface area contributed by atoms with Crippen LogP contribution in [-0.2, 0) is 17.6 Å². The number of carbonyl (C=O) groups excluding carboxylic acids is 2. The van der Waals surface area contributed by atoms with E-state index < -0.39 is 5.97 Å². The molecule has 4 aromatic rings. The molecule has 0 saturated heterocycles. The van der Waals surface area contributed by atoms with Gasteiger partial charge in [0.1, 0.15) is 9.88 Å². The third-order valence-electron chi connectivity index (χ3n) is 5.89.